The fraction of sp³-hybridized carbons (Fsp3) is 0. The van der Waals surface area contributed by atoms with Gasteiger partial charge in [0.2, 0.25) is 0 Å². The van der Waals surface area contributed by atoms with E-state index in [1.54, 1.807) is 6.20 Å². The topological polar surface area (TPSA) is 36.0 Å². The summed E-state index contributed by atoms with van der Waals surface area (Å²) >= 11 is 0. The van der Waals surface area contributed by atoms with Crippen molar-refractivity contribution in [2.45, 2.75) is 0 Å². The third kappa shape index (κ3) is 2.33. The fourth-order valence-corrected chi connectivity index (χ4v) is 2.89. The number of fused-ring (bicyclic) bond motifs is 1. The quantitative estimate of drug-likeness (QED) is 0.503. The summed E-state index contributed by atoms with van der Waals surface area (Å²) in [4.78, 5) is 3.11. The second-order valence-electron chi connectivity index (χ2n) is 5.62. The molecule has 118 valence electrons. The van der Waals surface area contributed by atoms with Gasteiger partial charge in [-0.2, -0.15) is 0 Å². The van der Waals surface area contributed by atoms with E-state index in [9.17, 15) is 13.9 Å². The Labute approximate surface area is 137 Å². The highest BCUT2D eigenvalue weighted by Gasteiger charge is 2.14. The van der Waals surface area contributed by atoms with Gasteiger partial charge in [-0.15, -0.1) is 0 Å². The van der Waals surface area contributed by atoms with Crippen molar-refractivity contribution in [1.82, 2.24) is 4.98 Å². The molecule has 4 aromatic rings. The maximum Gasteiger partial charge on any atom is 0.187 e. The maximum atomic E-state index is 13.7. The van der Waals surface area contributed by atoms with Crippen LogP contribution in [-0.4, -0.2) is 10.1 Å². The van der Waals surface area contributed by atoms with Gasteiger partial charge in [0.1, 0.15) is 0 Å². The number of hydrogen-bond donors (Lipinski definition) is 2. The van der Waals surface area contributed by atoms with E-state index in [1.807, 2.05) is 48.5 Å². The summed E-state index contributed by atoms with van der Waals surface area (Å²) in [6.07, 6.45) is 1.71. The average Bonchev–Trinajstić information content (AvgIpc) is 3.03. The van der Waals surface area contributed by atoms with Crippen molar-refractivity contribution in [2.24, 2.45) is 0 Å². The molecule has 0 fully saturated rings. The molecule has 0 atom stereocenters. The number of rotatable bonds is 2. The van der Waals surface area contributed by atoms with Crippen molar-refractivity contribution in [1.29, 1.82) is 0 Å². The van der Waals surface area contributed by atoms with Crippen molar-refractivity contribution in [2.75, 3.05) is 0 Å². The first-order valence-electron chi connectivity index (χ1n) is 7.48. The van der Waals surface area contributed by atoms with Gasteiger partial charge in [-0.3, -0.25) is 0 Å². The summed E-state index contributed by atoms with van der Waals surface area (Å²) in [7, 11) is 0. The standard InChI is InChI=1S/C20H13F2NO/c21-17-9-14(10-18(22)20(17)24)16-11-23-19-7-6-13(8-15(16)19)12-4-2-1-3-5-12/h1-11,23-24H. The van der Waals surface area contributed by atoms with Gasteiger partial charge in [0, 0.05) is 22.7 Å². The van der Waals surface area contributed by atoms with E-state index in [4.69, 9.17) is 0 Å². The maximum absolute atomic E-state index is 13.7. The molecule has 1 heterocycles. The van der Waals surface area contributed by atoms with Gasteiger partial charge in [-0.05, 0) is 41.0 Å². The molecule has 2 N–H and O–H groups in total. The number of phenolic OH excluding ortho intramolecular Hbond substituents is 1. The van der Waals surface area contributed by atoms with Crippen molar-refractivity contribution in [3.05, 3.63) is 78.5 Å². The van der Waals surface area contributed by atoms with E-state index in [0.717, 1.165) is 34.2 Å². The number of halogens is 2. The predicted molar refractivity (Wildman–Crippen MR) is 90.8 cm³/mol. The zero-order valence-electron chi connectivity index (χ0n) is 12.6. The van der Waals surface area contributed by atoms with Crippen LogP contribution < -0.4 is 0 Å². The van der Waals surface area contributed by atoms with Crippen LogP contribution in [0.15, 0.2) is 66.9 Å². The molecule has 0 spiro atoms. The second kappa shape index (κ2) is 5.49. The van der Waals surface area contributed by atoms with Crippen LogP contribution in [0.4, 0.5) is 8.78 Å². The van der Waals surface area contributed by atoms with E-state index in [0.29, 0.717) is 11.1 Å². The SMILES string of the molecule is Oc1c(F)cc(-c2c[nH]c3ccc(-c4ccccc4)cc23)cc1F. The largest absolute Gasteiger partial charge is 0.503 e. The third-order valence-electron chi connectivity index (χ3n) is 4.12. The Morgan fingerprint density at radius 3 is 2.17 bits per heavy atom. The molecule has 2 nitrogen and oxygen atoms in total. The Balaban J connectivity index is 1.91. The Morgan fingerprint density at radius 1 is 0.750 bits per heavy atom. The van der Waals surface area contributed by atoms with Crippen LogP contribution in [-0.2, 0) is 0 Å². The molecule has 1 aromatic heterocycles. The van der Waals surface area contributed by atoms with Crippen molar-refractivity contribution in [3.8, 4) is 28.0 Å². The van der Waals surface area contributed by atoms with Crippen molar-refractivity contribution >= 4 is 10.9 Å². The predicted octanol–water partition coefficient (Wildman–Crippen LogP) is 5.49. The van der Waals surface area contributed by atoms with Crippen LogP contribution in [0, 0.1) is 11.6 Å². The normalized spacial score (nSPS) is 11.1. The van der Waals surface area contributed by atoms with Crippen molar-refractivity contribution in [3.63, 3.8) is 0 Å². The Morgan fingerprint density at radius 2 is 1.46 bits per heavy atom. The summed E-state index contributed by atoms with van der Waals surface area (Å²) in [5.74, 6) is -2.90. The molecule has 0 bridgehead atoms. The van der Waals surface area contributed by atoms with Crippen molar-refractivity contribution < 1.29 is 13.9 Å². The van der Waals surface area contributed by atoms with Gasteiger partial charge >= 0.3 is 0 Å². The van der Waals surface area contributed by atoms with Crippen LogP contribution in [0.5, 0.6) is 5.75 Å². The van der Waals surface area contributed by atoms with Gasteiger partial charge in [0.15, 0.2) is 17.4 Å². The first-order chi connectivity index (χ1) is 11.6. The first-order valence-corrected chi connectivity index (χ1v) is 7.48. The molecule has 0 unspecified atom stereocenters. The van der Waals surface area contributed by atoms with Gasteiger partial charge < -0.3 is 10.1 Å². The molecular formula is C20H13F2NO. The summed E-state index contributed by atoms with van der Waals surface area (Å²) in [6.45, 7) is 0. The number of benzene rings is 3. The minimum absolute atomic E-state index is 0.374. The lowest BCUT2D eigenvalue weighted by molar-refractivity contribution is 0.396. The molecule has 24 heavy (non-hydrogen) atoms. The molecule has 0 aliphatic heterocycles. The molecular weight excluding hydrogens is 308 g/mol. The number of phenols is 1. The van der Waals surface area contributed by atoms with E-state index in [2.05, 4.69) is 4.98 Å². The average molecular weight is 321 g/mol. The van der Waals surface area contributed by atoms with Gasteiger partial charge in [-0.1, -0.05) is 36.4 Å². The molecule has 0 amide bonds. The number of nitrogens with one attached hydrogen (secondary N) is 1. The zero-order chi connectivity index (χ0) is 16.7. The lowest BCUT2D eigenvalue weighted by Gasteiger charge is -2.05. The molecule has 0 saturated heterocycles. The second-order valence-corrected chi connectivity index (χ2v) is 5.62. The third-order valence-corrected chi connectivity index (χ3v) is 4.12. The minimum Gasteiger partial charge on any atom is -0.503 e. The van der Waals surface area contributed by atoms with E-state index < -0.39 is 17.4 Å². The van der Waals surface area contributed by atoms with Crippen LogP contribution in [0.1, 0.15) is 0 Å². The van der Waals surface area contributed by atoms with Crippen LogP contribution in [0.25, 0.3) is 33.2 Å². The van der Waals surface area contributed by atoms with Gasteiger partial charge in [0.05, 0.1) is 0 Å². The molecule has 0 saturated carbocycles. The zero-order valence-corrected chi connectivity index (χ0v) is 12.6. The Hall–Kier alpha value is -3.14. The van der Waals surface area contributed by atoms with E-state index in [1.165, 1.54) is 0 Å². The fourth-order valence-electron chi connectivity index (χ4n) is 2.89. The number of aromatic nitrogens is 1. The van der Waals surface area contributed by atoms with Crippen LogP contribution in [0.2, 0.25) is 0 Å². The van der Waals surface area contributed by atoms with E-state index in [-0.39, 0.29) is 0 Å². The molecule has 0 aliphatic carbocycles. The molecule has 3 aromatic carbocycles. The highest BCUT2D eigenvalue weighted by Crippen LogP contribution is 2.34. The molecule has 4 rings (SSSR count). The number of hydrogen-bond acceptors (Lipinski definition) is 1. The Bertz CT molecular complexity index is 1020. The summed E-state index contributed by atoms with van der Waals surface area (Å²) in [5.41, 5.74) is 4.01. The summed E-state index contributed by atoms with van der Waals surface area (Å²) < 4.78 is 27.4. The molecule has 0 aliphatic rings. The van der Waals surface area contributed by atoms with Crippen LogP contribution in [0.3, 0.4) is 0 Å². The van der Waals surface area contributed by atoms with E-state index >= 15 is 0 Å². The summed E-state index contributed by atoms with van der Waals surface area (Å²) in [5, 5.41) is 10.1. The number of H-pyrrole nitrogens is 1. The summed E-state index contributed by atoms with van der Waals surface area (Å²) in [6, 6.07) is 18.1. The number of aromatic amines is 1. The smallest absolute Gasteiger partial charge is 0.187 e. The molecule has 0 radical (unpaired) electrons. The van der Waals surface area contributed by atoms with Gasteiger partial charge in [0.25, 0.3) is 0 Å². The molecule has 4 heteroatoms. The first kappa shape index (κ1) is 14.5. The number of aromatic hydroxyl groups is 1. The monoisotopic (exact) mass is 321 g/mol. The Kier molecular flexibility index (Phi) is 3.31. The highest BCUT2D eigenvalue weighted by molar-refractivity contribution is 5.98. The minimum atomic E-state index is -0.974. The lowest BCUT2D eigenvalue weighted by Crippen LogP contribution is -1.86. The van der Waals surface area contributed by atoms with Gasteiger partial charge in [-0.25, -0.2) is 8.78 Å². The van der Waals surface area contributed by atoms with Crippen LogP contribution >= 0.6 is 0 Å². The lowest BCUT2D eigenvalue weighted by atomic mass is 9.99. The highest BCUT2D eigenvalue weighted by atomic mass is 19.1.